The van der Waals surface area contributed by atoms with Gasteiger partial charge in [0.1, 0.15) is 0 Å². The van der Waals surface area contributed by atoms with Gasteiger partial charge in [-0.1, -0.05) is 50.2 Å². The fraction of sp³-hybridized carbons (Fsp3) is 0.304. The van der Waals surface area contributed by atoms with Crippen LogP contribution in [0.1, 0.15) is 37.8 Å². The number of amides is 2. The zero-order valence-corrected chi connectivity index (χ0v) is 16.7. The molecule has 0 unspecified atom stereocenters. The van der Waals surface area contributed by atoms with Gasteiger partial charge in [-0.3, -0.25) is 9.59 Å². The maximum Gasteiger partial charge on any atom is 0.224 e. The lowest BCUT2D eigenvalue weighted by Crippen LogP contribution is -2.38. The summed E-state index contributed by atoms with van der Waals surface area (Å²) in [6.45, 7) is 6.64. The van der Waals surface area contributed by atoms with E-state index in [9.17, 15) is 9.59 Å². The first-order valence-electron chi connectivity index (χ1n) is 9.66. The van der Waals surface area contributed by atoms with Crippen molar-refractivity contribution in [2.24, 2.45) is 0 Å². The summed E-state index contributed by atoms with van der Waals surface area (Å²) in [7, 11) is 0. The van der Waals surface area contributed by atoms with E-state index in [-0.39, 0.29) is 11.8 Å². The van der Waals surface area contributed by atoms with Gasteiger partial charge in [0.05, 0.1) is 6.42 Å². The first-order chi connectivity index (χ1) is 13.5. The van der Waals surface area contributed by atoms with E-state index in [0.29, 0.717) is 25.4 Å². The standard InChI is InChI=1S/C23H27N3O2/c1-16(2)19-8-5-7-11-22(19)26(17(3)27)13-12-24-23(28)14-18-15-25-21-10-6-4-9-20(18)21/h4-11,15-16,25H,12-14H2,1-3H3,(H,24,28). The van der Waals surface area contributed by atoms with Crippen molar-refractivity contribution in [1.29, 1.82) is 0 Å². The van der Waals surface area contributed by atoms with Crippen LogP contribution in [0.25, 0.3) is 10.9 Å². The number of hydrogen-bond donors (Lipinski definition) is 2. The zero-order chi connectivity index (χ0) is 20.1. The van der Waals surface area contributed by atoms with Gasteiger partial charge in [0.15, 0.2) is 0 Å². The number of para-hydroxylation sites is 2. The van der Waals surface area contributed by atoms with E-state index < -0.39 is 0 Å². The smallest absolute Gasteiger partial charge is 0.224 e. The molecule has 28 heavy (non-hydrogen) atoms. The minimum atomic E-state index is -0.0506. The Kier molecular flexibility index (Phi) is 6.14. The Bertz CT molecular complexity index is 975. The highest BCUT2D eigenvalue weighted by molar-refractivity contribution is 5.93. The summed E-state index contributed by atoms with van der Waals surface area (Å²) in [5, 5.41) is 4.01. The molecule has 0 aliphatic carbocycles. The summed E-state index contributed by atoms with van der Waals surface area (Å²) in [6, 6.07) is 15.9. The first-order valence-corrected chi connectivity index (χ1v) is 9.66. The number of carbonyl (C=O) groups is 2. The SMILES string of the molecule is CC(=O)N(CCNC(=O)Cc1c[nH]c2ccccc12)c1ccccc1C(C)C. The highest BCUT2D eigenvalue weighted by atomic mass is 16.2. The van der Waals surface area contributed by atoms with Crippen LogP contribution in [-0.2, 0) is 16.0 Å². The van der Waals surface area contributed by atoms with E-state index in [1.807, 2.05) is 54.7 Å². The summed E-state index contributed by atoms with van der Waals surface area (Å²) < 4.78 is 0. The van der Waals surface area contributed by atoms with Gasteiger partial charge in [-0.2, -0.15) is 0 Å². The van der Waals surface area contributed by atoms with Crippen LogP contribution in [0.2, 0.25) is 0 Å². The molecule has 5 nitrogen and oxygen atoms in total. The monoisotopic (exact) mass is 377 g/mol. The molecule has 2 amide bonds. The van der Waals surface area contributed by atoms with Crippen molar-refractivity contribution < 1.29 is 9.59 Å². The van der Waals surface area contributed by atoms with Crippen LogP contribution in [0.5, 0.6) is 0 Å². The molecule has 0 spiro atoms. The molecule has 3 rings (SSSR count). The van der Waals surface area contributed by atoms with Gasteiger partial charge in [-0.15, -0.1) is 0 Å². The lowest BCUT2D eigenvalue weighted by Gasteiger charge is -2.25. The zero-order valence-electron chi connectivity index (χ0n) is 16.7. The summed E-state index contributed by atoms with van der Waals surface area (Å²) in [4.78, 5) is 29.5. The molecule has 0 radical (unpaired) electrons. The number of aromatic nitrogens is 1. The predicted octanol–water partition coefficient (Wildman–Crippen LogP) is 4.00. The van der Waals surface area contributed by atoms with Crippen molar-refractivity contribution in [2.75, 3.05) is 18.0 Å². The molecule has 1 aromatic heterocycles. The van der Waals surface area contributed by atoms with E-state index >= 15 is 0 Å². The maximum atomic E-state index is 12.4. The van der Waals surface area contributed by atoms with Crippen LogP contribution < -0.4 is 10.2 Å². The van der Waals surface area contributed by atoms with Gasteiger partial charge >= 0.3 is 0 Å². The lowest BCUT2D eigenvalue weighted by atomic mass is 10.0. The molecule has 3 aromatic rings. The van der Waals surface area contributed by atoms with E-state index in [2.05, 4.69) is 24.1 Å². The molecule has 2 N–H and O–H groups in total. The van der Waals surface area contributed by atoms with Gasteiger partial charge in [0, 0.05) is 42.8 Å². The Balaban J connectivity index is 1.62. The van der Waals surface area contributed by atoms with Crippen molar-refractivity contribution in [1.82, 2.24) is 10.3 Å². The number of carbonyl (C=O) groups excluding carboxylic acids is 2. The van der Waals surface area contributed by atoms with Gasteiger partial charge in [0.25, 0.3) is 0 Å². The van der Waals surface area contributed by atoms with Crippen LogP contribution >= 0.6 is 0 Å². The molecule has 0 saturated heterocycles. The number of fused-ring (bicyclic) bond motifs is 1. The summed E-state index contributed by atoms with van der Waals surface area (Å²) in [5.41, 5.74) is 4.04. The number of rotatable bonds is 7. The molecule has 2 aromatic carbocycles. The topological polar surface area (TPSA) is 65.2 Å². The molecule has 0 aliphatic rings. The number of nitrogens with one attached hydrogen (secondary N) is 2. The number of H-pyrrole nitrogens is 1. The normalized spacial score (nSPS) is 11.0. The average Bonchev–Trinajstić information content (AvgIpc) is 3.08. The average molecular weight is 377 g/mol. The lowest BCUT2D eigenvalue weighted by molar-refractivity contribution is -0.121. The summed E-state index contributed by atoms with van der Waals surface area (Å²) in [6.07, 6.45) is 2.19. The number of aromatic amines is 1. The highest BCUT2D eigenvalue weighted by Crippen LogP contribution is 2.27. The Hall–Kier alpha value is -3.08. The third-order valence-electron chi connectivity index (χ3n) is 4.91. The number of benzene rings is 2. The van der Waals surface area contributed by atoms with Gasteiger partial charge in [-0.25, -0.2) is 0 Å². The Morgan fingerprint density at radius 1 is 1.07 bits per heavy atom. The fourth-order valence-electron chi connectivity index (χ4n) is 3.49. The summed E-state index contributed by atoms with van der Waals surface area (Å²) >= 11 is 0. The Morgan fingerprint density at radius 3 is 2.54 bits per heavy atom. The minimum Gasteiger partial charge on any atom is -0.361 e. The third-order valence-corrected chi connectivity index (χ3v) is 4.91. The van der Waals surface area contributed by atoms with Crippen molar-refractivity contribution in [3.8, 4) is 0 Å². The molecule has 0 aliphatic heterocycles. The van der Waals surface area contributed by atoms with E-state index in [0.717, 1.165) is 27.7 Å². The second-order valence-electron chi connectivity index (χ2n) is 7.27. The van der Waals surface area contributed by atoms with Crippen molar-refractivity contribution >= 4 is 28.4 Å². The van der Waals surface area contributed by atoms with Crippen LogP contribution in [0.3, 0.4) is 0 Å². The van der Waals surface area contributed by atoms with Crippen LogP contribution in [0, 0.1) is 0 Å². The second-order valence-corrected chi connectivity index (χ2v) is 7.27. The van der Waals surface area contributed by atoms with E-state index in [4.69, 9.17) is 0 Å². The van der Waals surface area contributed by atoms with E-state index in [1.54, 1.807) is 11.8 Å². The molecule has 5 heteroatoms. The molecule has 1 heterocycles. The van der Waals surface area contributed by atoms with Crippen LogP contribution in [0.4, 0.5) is 5.69 Å². The molecular formula is C23H27N3O2. The number of anilines is 1. The predicted molar refractivity (Wildman–Crippen MR) is 114 cm³/mol. The second kappa shape index (κ2) is 8.74. The largest absolute Gasteiger partial charge is 0.361 e. The Labute approximate surface area is 165 Å². The third kappa shape index (κ3) is 4.42. The van der Waals surface area contributed by atoms with Gasteiger partial charge < -0.3 is 15.2 Å². The molecule has 0 fully saturated rings. The van der Waals surface area contributed by atoms with Gasteiger partial charge in [-0.05, 0) is 29.2 Å². The molecule has 146 valence electrons. The molecular weight excluding hydrogens is 350 g/mol. The minimum absolute atomic E-state index is 0.0287. The van der Waals surface area contributed by atoms with Crippen molar-refractivity contribution in [2.45, 2.75) is 33.1 Å². The van der Waals surface area contributed by atoms with E-state index in [1.165, 1.54) is 0 Å². The molecule has 0 atom stereocenters. The van der Waals surface area contributed by atoms with Crippen molar-refractivity contribution in [3.05, 3.63) is 65.9 Å². The fourth-order valence-corrected chi connectivity index (χ4v) is 3.49. The number of hydrogen-bond acceptors (Lipinski definition) is 2. The quantitative estimate of drug-likeness (QED) is 0.653. The molecule has 0 bridgehead atoms. The Morgan fingerprint density at radius 2 is 1.79 bits per heavy atom. The van der Waals surface area contributed by atoms with Crippen LogP contribution in [-0.4, -0.2) is 29.9 Å². The van der Waals surface area contributed by atoms with Crippen molar-refractivity contribution in [3.63, 3.8) is 0 Å². The van der Waals surface area contributed by atoms with Gasteiger partial charge in [0.2, 0.25) is 11.8 Å². The first kappa shape index (κ1) is 19.7. The highest BCUT2D eigenvalue weighted by Gasteiger charge is 2.17. The summed E-state index contributed by atoms with van der Waals surface area (Å²) in [5.74, 6) is 0.235. The number of nitrogens with zero attached hydrogens (tertiary/aromatic N) is 1. The molecule has 0 saturated carbocycles. The maximum absolute atomic E-state index is 12.4. The van der Waals surface area contributed by atoms with Crippen LogP contribution in [0.15, 0.2) is 54.7 Å².